The Hall–Kier alpha value is -1.76. The average molecular weight is 308 g/mol. The molecule has 0 aliphatic heterocycles. The van der Waals surface area contributed by atoms with Gasteiger partial charge in [0.25, 0.3) is 0 Å². The SMILES string of the molecule is COc1ccc([C@@H]2c3cc(C)c(C)cc3C[C@@H](C)[C@H]2C)cc1C. The van der Waals surface area contributed by atoms with Gasteiger partial charge in [-0.05, 0) is 78.5 Å². The van der Waals surface area contributed by atoms with Gasteiger partial charge >= 0.3 is 0 Å². The van der Waals surface area contributed by atoms with E-state index in [1.54, 1.807) is 7.11 Å². The van der Waals surface area contributed by atoms with Crippen molar-refractivity contribution < 1.29 is 4.74 Å². The van der Waals surface area contributed by atoms with E-state index in [-0.39, 0.29) is 0 Å². The summed E-state index contributed by atoms with van der Waals surface area (Å²) in [7, 11) is 1.74. The van der Waals surface area contributed by atoms with Gasteiger partial charge in [-0.3, -0.25) is 0 Å². The largest absolute Gasteiger partial charge is 0.496 e. The summed E-state index contributed by atoms with van der Waals surface area (Å²) in [6.45, 7) is 11.4. The van der Waals surface area contributed by atoms with E-state index in [1.807, 2.05) is 0 Å². The maximum Gasteiger partial charge on any atom is 0.121 e. The highest BCUT2D eigenvalue weighted by molar-refractivity contribution is 5.48. The Morgan fingerprint density at radius 1 is 0.913 bits per heavy atom. The minimum absolute atomic E-state index is 0.484. The topological polar surface area (TPSA) is 9.23 Å². The van der Waals surface area contributed by atoms with Crippen molar-refractivity contribution in [1.82, 2.24) is 0 Å². The Kier molecular flexibility index (Phi) is 4.23. The highest BCUT2D eigenvalue weighted by Gasteiger charge is 2.33. The molecule has 0 spiro atoms. The first-order chi connectivity index (χ1) is 10.9. The smallest absolute Gasteiger partial charge is 0.121 e. The van der Waals surface area contributed by atoms with E-state index < -0.39 is 0 Å². The zero-order chi connectivity index (χ0) is 16.7. The van der Waals surface area contributed by atoms with Gasteiger partial charge in [0.05, 0.1) is 7.11 Å². The second-order valence-electron chi connectivity index (χ2n) is 7.38. The van der Waals surface area contributed by atoms with Crippen LogP contribution < -0.4 is 4.74 Å². The molecule has 1 aliphatic carbocycles. The van der Waals surface area contributed by atoms with Crippen molar-refractivity contribution in [1.29, 1.82) is 0 Å². The summed E-state index contributed by atoms with van der Waals surface area (Å²) in [5.74, 6) is 2.82. The summed E-state index contributed by atoms with van der Waals surface area (Å²) in [5, 5.41) is 0. The molecule has 0 amide bonds. The van der Waals surface area contributed by atoms with Crippen molar-refractivity contribution in [2.75, 3.05) is 7.11 Å². The van der Waals surface area contributed by atoms with E-state index in [2.05, 4.69) is 65.0 Å². The zero-order valence-corrected chi connectivity index (χ0v) is 15.2. The van der Waals surface area contributed by atoms with Crippen molar-refractivity contribution in [2.24, 2.45) is 11.8 Å². The lowest BCUT2D eigenvalue weighted by atomic mass is 9.67. The highest BCUT2D eigenvalue weighted by Crippen LogP contribution is 2.44. The molecule has 0 aromatic heterocycles. The number of aryl methyl sites for hydroxylation is 3. The molecule has 0 heterocycles. The molecule has 3 atom stereocenters. The number of hydrogen-bond donors (Lipinski definition) is 0. The van der Waals surface area contributed by atoms with Gasteiger partial charge in [-0.1, -0.05) is 38.1 Å². The second kappa shape index (κ2) is 6.03. The first-order valence-electron chi connectivity index (χ1n) is 8.67. The van der Waals surface area contributed by atoms with Gasteiger partial charge < -0.3 is 4.74 Å². The predicted molar refractivity (Wildman–Crippen MR) is 97.5 cm³/mol. The molecule has 3 rings (SSSR count). The maximum absolute atomic E-state index is 5.44. The van der Waals surface area contributed by atoms with Gasteiger partial charge in [-0.15, -0.1) is 0 Å². The summed E-state index contributed by atoms with van der Waals surface area (Å²) < 4.78 is 5.44. The van der Waals surface area contributed by atoms with Crippen LogP contribution in [0.1, 0.15) is 53.1 Å². The molecular formula is C22H28O. The Labute approximate surface area is 140 Å². The molecule has 0 radical (unpaired) electrons. The van der Waals surface area contributed by atoms with Gasteiger partial charge in [-0.25, -0.2) is 0 Å². The lowest BCUT2D eigenvalue weighted by molar-refractivity contribution is 0.325. The molecule has 1 aliphatic rings. The molecule has 0 N–H and O–H groups in total. The molecule has 0 saturated carbocycles. The van der Waals surface area contributed by atoms with E-state index in [9.17, 15) is 0 Å². The van der Waals surface area contributed by atoms with Crippen LogP contribution in [-0.2, 0) is 6.42 Å². The average Bonchev–Trinajstić information content (AvgIpc) is 2.51. The fourth-order valence-corrected chi connectivity index (χ4v) is 4.09. The first kappa shape index (κ1) is 16.1. The normalized spacial score (nSPS) is 23.5. The monoisotopic (exact) mass is 308 g/mol. The zero-order valence-electron chi connectivity index (χ0n) is 15.2. The summed E-state index contributed by atoms with van der Waals surface area (Å²) in [6.07, 6.45) is 1.20. The molecule has 1 nitrogen and oxygen atoms in total. The van der Waals surface area contributed by atoms with E-state index in [4.69, 9.17) is 4.74 Å². The van der Waals surface area contributed by atoms with Crippen molar-refractivity contribution in [3.63, 3.8) is 0 Å². The van der Waals surface area contributed by atoms with Crippen LogP contribution in [-0.4, -0.2) is 7.11 Å². The van der Waals surface area contributed by atoms with Crippen LogP contribution >= 0.6 is 0 Å². The first-order valence-corrected chi connectivity index (χ1v) is 8.67. The molecule has 0 saturated heterocycles. The van der Waals surface area contributed by atoms with Crippen molar-refractivity contribution in [3.05, 3.63) is 63.7 Å². The molecule has 1 heteroatoms. The summed E-state index contributed by atoms with van der Waals surface area (Å²) in [5.41, 5.74) is 8.53. The minimum atomic E-state index is 0.484. The fraction of sp³-hybridized carbons (Fsp3) is 0.455. The third-order valence-corrected chi connectivity index (χ3v) is 5.83. The van der Waals surface area contributed by atoms with Gasteiger partial charge in [0.2, 0.25) is 0 Å². The van der Waals surface area contributed by atoms with Crippen LogP contribution in [0.2, 0.25) is 0 Å². The molecule has 2 aromatic rings. The molecule has 0 unspecified atom stereocenters. The molecule has 2 aromatic carbocycles. The van der Waals surface area contributed by atoms with E-state index in [0.717, 1.165) is 5.75 Å². The molecule has 0 fully saturated rings. The predicted octanol–water partition coefficient (Wildman–Crippen LogP) is 5.58. The van der Waals surface area contributed by atoms with Crippen molar-refractivity contribution in [3.8, 4) is 5.75 Å². The summed E-state index contributed by atoms with van der Waals surface area (Å²) in [4.78, 5) is 0. The lowest BCUT2D eigenvalue weighted by Gasteiger charge is -2.37. The van der Waals surface area contributed by atoms with E-state index >= 15 is 0 Å². The van der Waals surface area contributed by atoms with Crippen molar-refractivity contribution in [2.45, 2.75) is 47.0 Å². The fourth-order valence-electron chi connectivity index (χ4n) is 4.09. The Bertz CT molecular complexity index is 729. The van der Waals surface area contributed by atoms with Gasteiger partial charge in [0, 0.05) is 5.92 Å². The minimum Gasteiger partial charge on any atom is -0.496 e. The third-order valence-electron chi connectivity index (χ3n) is 5.83. The number of fused-ring (bicyclic) bond motifs is 1. The summed E-state index contributed by atoms with van der Waals surface area (Å²) >= 11 is 0. The summed E-state index contributed by atoms with van der Waals surface area (Å²) in [6, 6.07) is 11.5. The van der Waals surface area contributed by atoms with Gasteiger partial charge in [0.15, 0.2) is 0 Å². The van der Waals surface area contributed by atoms with Crippen LogP contribution in [0.25, 0.3) is 0 Å². The van der Waals surface area contributed by atoms with Crippen LogP contribution in [0.4, 0.5) is 0 Å². The Morgan fingerprint density at radius 3 is 2.26 bits per heavy atom. The lowest BCUT2D eigenvalue weighted by Crippen LogP contribution is -2.27. The third kappa shape index (κ3) is 2.78. The number of rotatable bonds is 2. The standard InChI is InChI=1S/C22H28O/c1-13-9-19-10-15(3)17(5)22(20(19)12-14(13)2)18-7-8-21(23-6)16(4)11-18/h7-9,11-12,15,17,22H,10H2,1-6H3/t15-,17-,22-/m1/s1. The Balaban J connectivity index is 2.14. The van der Waals surface area contributed by atoms with E-state index in [0.29, 0.717) is 17.8 Å². The molecular weight excluding hydrogens is 280 g/mol. The Morgan fingerprint density at radius 2 is 1.61 bits per heavy atom. The number of hydrogen-bond acceptors (Lipinski definition) is 1. The van der Waals surface area contributed by atoms with Crippen molar-refractivity contribution >= 4 is 0 Å². The van der Waals surface area contributed by atoms with Crippen LogP contribution in [0.3, 0.4) is 0 Å². The second-order valence-corrected chi connectivity index (χ2v) is 7.38. The molecule has 23 heavy (non-hydrogen) atoms. The quantitative estimate of drug-likeness (QED) is 0.703. The van der Waals surface area contributed by atoms with Crippen LogP contribution in [0.5, 0.6) is 5.75 Å². The molecule has 122 valence electrons. The van der Waals surface area contributed by atoms with Crippen LogP contribution in [0, 0.1) is 32.6 Å². The number of ether oxygens (including phenoxy) is 1. The molecule has 0 bridgehead atoms. The van der Waals surface area contributed by atoms with E-state index in [1.165, 1.54) is 39.8 Å². The van der Waals surface area contributed by atoms with Gasteiger partial charge in [0.1, 0.15) is 5.75 Å². The van der Waals surface area contributed by atoms with Gasteiger partial charge in [-0.2, -0.15) is 0 Å². The number of benzene rings is 2. The highest BCUT2D eigenvalue weighted by atomic mass is 16.5. The number of methoxy groups -OCH3 is 1. The maximum atomic E-state index is 5.44. The van der Waals surface area contributed by atoms with Crippen LogP contribution in [0.15, 0.2) is 30.3 Å².